The number of thiazole rings is 1. The minimum atomic E-state index is 0.208. The summed E-state index contributed by atoms with van der Waals surface area (Å²) in [5.74, 6) is 0.208. The molecule has 4 heteroatoms. The van der Waals surface area contributed by atoms with Gasteiger partial charge < -0.3 is 5.73 Å². The third kappa shape index (κ3) is 3.67. The molecule has 1 heterocycles. The van der Waals surface area contributed by atoms with E-state index in [1.165, 1.54) is 16.9 Å². The number of hydrogen-bond acceptors (Lipinski definition) is 4. The zero-order valence-corrected chi connectivity index (χ0v) is 10.2. The monoisotopic (exact) mass is 246 g/mol. The minimum absolute atomic E-state index is 0.208. The van der Waals surface area contributed by atoms with E-state index in [1.807, 2.05) is 35.7 Å². The smallest absolute Gasteiger partial charge is 0.180 e. The molecule has 0 bridgehead atoms. The van der Waals surface area contributed by atoms with Gasteiger partial charge in [0.2, 0.25) is 0 Å². The Morgan fingerprint density at radius 1 is 1.29 bits per heavy atom. The number of carbonyl (C=O) groups excluding carboxylic acids is 1. The van der Waals surface area contributed by atoms with Crippen molar-refractivity contribution in [3.05, 3.63) is 47.0 Å². The molecule has 17 heavy (non-hydrogen) atoms. The molecule has 0 saturated carbocycles. The highest BCUT2D eigenvalue weighted by atomic mass is 32.1. The number of Topliss-reactive ketones (excluding diaryl/α,β-unsaturated/α-hetero) is 1. The van der Waals surface area contributed by atoms with Gasteiger partial charge in [0.25, 0.3) is 0 Å². The van der Waals surface area contributed by atoms with E-state index in [4.69, 9.17) is 5.73 Å². The molecular weight excluding hydrogens is 232 g/mol. The molecule has 88 valence electrons. The number of nitrogens with zero attached hydrogens (tertiary/aromatic N) is 1. The van der Waals surface area contributed by atoms with E-state index in [9.17, 15) is 4.79 Å². The van der Waals surface area contributed by atoms with E-state index in [1.54, 1.807) is 0 Å². The molecule has 1 aromatic carbocycles. The molecule has 0 spiro atoms. The molecule has 3 nitrogen and oxygen atoms in total. The number of benzene rings is 1. The average Bonchev–Trinajstić information content (AvgIpc) is 2.73. The Kier molecular flexibility index (Phi) is 3.88. The second kappa shape index (κ2) is 5.59. The summed E-state index contributed by atoms with van der Waals surface area (Å²) in [6.07, 6.45) is 1.74. The van der Waals surface area contributed by atoms with Crippen molar-refractivity contribution in [2.24, 2.45) is 0 Å². The summed E-state index contributed by atoms with van der Waals surface area (Å²) in [5.41, 5.74) is 7.49. The number of anilines is 1. The van der Waals surface area contributed by atoms with Gasteiger partial charge in [-0.2, -0.15) is 0 Å². The molecule has 0 amide bonds. The summed E-state index contributed by atoms with van der Waals surface area (Å²) >= 11 is 1.38. The fourth-order valence-electron chi connectivity index (χ4n) is 1.62. The summed E-state index contributed by atoms with van der Waals surface area (Å²) in [6.45, 7) is 0. The van der Waals surface area contributed by atoms with Crippen LogP contribution in [0.4, 0.5) is 5.13 Å². The van der Waals surface area contributed by atoms with E-state index < -0.39 is 0 Å². The molecular formula is C13H14N2OS. The number of nitrogens with two attached hydrogens (primary N) is 1. The molecule has 0 fully saturated rings. The molecule has 0 atom stereocenters. The molecule has 2 rings (SSSR count). The molecule has 0 unspecified atom stereocenters. The quantitative estimate of drug-likeness (QED) is 0.881. The molecule has 1 aromatic heterocycles. The molecule has 2 aromatic rings. The first-order chi connectivity index (χ1) is 8.24. The van der Waals surface area contributed by atoms with Crippen LogP contribution in [0.15, 0.2) is 35.7 Å². The van der Waals surface area contributed by atoms with Crippen molar-refractivity contribution in [1.29, 1.82) is 0 Å². The maximum Gasteiger partial charge on any atom is 0.180 e. The minimum Gasteiger partial charge on any atom is -0.375 e. The van der Waals surface area contributed by atoms with Gasteiger partial charge in [-0.15, -0.1) is 11.3 Å². The van der Waals surface area contributed by atoms with Gasteiger partial charge in [-0.1, -0.05) is 30.3 Å². The Bertz CT molecular complexity index is 493. The lowest BCUT2D eigenvalue weighted by Gasteiger charge is -1.99. The molecule has 0 saturated heterocycles. The van der Waals surface area contributed by atoms with Crippen LogP contribution in [0.25, 0.3) is 0 Å². The number of hydrogen-bond donors (Lipinski definition) is 1. The van der Waals surface area contributed by atoms with Crippen LogP contribution in [0.5, 0.6) is 0 Å². The first-order valence-corrected chi connectivity index (χ1v) is 6.37. The lowest BCUT2D eigenvalue weighted by molar-refractivity contribution is -0.118. The first-order valence-electron chi connectivity index (χ1n) is 5.49. The first kappa shape index (κ1) is 11.8. The Morgan fingerprint density at radius 3 is 2.71 bits per heavy atom. The van der Waals surface area contributed by atoms with Crippen molar-refractivity contribution in [3.63, 3.8) is 0 Å². The van der Waals surface area contributed by atoms with Gasteiger partial charge in [0.15, 0.2) is 5.13 Å². The number of carbonyl (C=O) groups is 1. The van der Waals surface area contributed by atoms with Crippen LogP contribution in [0, 0.1) is 0 Å². The maximum atomic E-state index is 11.7. The maximum absolute atomic E-state index is 11.7. The van der Waals surface area contributed by atoms with Crippen LogP contribution in [0.3, 0.4) is 0 Å². The Labute approximate surface area is 104 Å². The summed E-state index contributed by atoms with van der Waals surface area (Å²) in [5, 5.41) is 2.37. The van der Waals surface area contributed by atoms with Gasteiger partial charge in [0, 0.05) is 18.2 Å². The largest absolute Gasteiger partial charge is 0.375 e. The van der Waals surface area contributed by atoms with Crippen LogP contribution < -0.4 is 5.73 Å². The van der Waals surface area contributed by atoms with Crippen LogP contribution in [0.2, 0.25) is 0 Å². The highest BCUT2D eigenvalue weighted by Gasteiger charge is 2.07. The Balaban J connectivity index is 1.82. The number of aromatic nitrogens is 1. The SMILES string of the molecule is Nc1nc(CC(=O)CCc2ccccc2)cs1. The standard InChI is InChI=1S/C13H14N2OS/c14-13-15-11(9-17-13)8-12(16)7-6-10-4-2-1-3-5-10/h1-5,9H,6-8H2,(H2,14,15). The predicted octanol–water partition coefficient (Wildman–Crippen LogP) is 2.47. The highest BCUT2D eigenvalue weighted by Crippen LogP contribution is 2.12. The third-order valence-corrected chi connectivity index (χ3v) is 3.21. The summed E-state index contributed by atoms with van der Waals surface area (Å²) < 4.78 is 0. The van der Waals surface area contributed by atoms with Crippen LogP contribution in [-0.2, 0) is 17.6 Å². The van der Waals surface area contributed by atoms with E-state index in [-0.39, 0.29) is 5.78 Å². The predicted molar refractivity (Wildman–Crippen MR) is 70.0 cm³/mol. The van der Waals surface area contributed by atoms with E-state index in [2.05, 4.69) is 4.98 Å². The number of aryl methyl sites for hydroxylation is 1. The van der Waals surface area contributed by atoms with Gasteiger partial charge in [0.1, 0.15) is 5.78 Å². The zero-order valence-electron chi connectivity index (χ0n) is 9.43. The van der Waals surface area contributed by atoms with Crippen molar-refractivity contribution < 1.29 is 4.79 Å². The van der Waals surface area contributed by atoms with Gasteiger partial charge in [-0.25, -0.2) is 4.98 Å². The fraction of sp³-hybridized carbons (Fsp3) is 0.231. The number of nitrogen functional groups attached to an aromatic ring is 1. The molecule has 0 radical (unpaired) electrons. The summed E-state index contributed by atoms with van der Waals surface area (Å²) in [7, 11) is 0. The van der Waals surface area contributed by atoms with Gasteiger partial charge >= 0.3 is 0 Å². The number of rotatable bonds is 5. The Morgan fingerprint density at radius 2 is 2.06 bits per heavy atom. The summed E-state index contributed by atoms with van der Waals surface area (Å²) in [6, 6.07) is 10.0. The molecule has 2 N–H and O–H groups in total. The van der Waals surface area contributed by atoms with Crippen LogP contribution in [-0.4, -0.2) is 10.8 Å². The lowest BCUT2D eigenvalue weighted by atomic mass is 10.1. The van der Waals surface area contributed by atoms with Gasteiger partial charge in [-0.05, 0) is 12.0 Å². The van der Waals surface area contributed by atoms with Crippen LogP contribution in [0.1, 0.15) is 17.7 Å². The zero-order chi connectivity index (χ0) is 12.1. The van der Waals surface area contributed by atoms with E-state index >= 15 is 0 Å². The molecule has 0 aliphatic rings. The third-order valence-electron chi connectivity index (χ3n) is 2.48. The van der Waals surface area contributed by atoms with Crippen molar-refractivity contribution in [2.45, 2.75) is 19.3 Å². The van der Waals surface area contributed by atoms with Crippen molar-refractivity contribution >= 4 is 22.3 Å². The normalized spacial score (nSPS) is 10.4. The second-order valence-corrected chi connectivity index (χ2v) is 4.77. The molecule has 0 aliphatic carbocycles. The Hall–Kier alpha value is -1.68. The fourth-order valence-corrected chi connectivity index (χ4v) is 2.19. The van der Waals surface area contributed by atoms with Crippen molar-refractivity contribution in [3.8, 4) is 0 Å². The highest BCUT2D eigenvalue weighted by molar-refractivity contribution is 7.13. The second-order valence-electron chi connectivity index (χ2n) is 3.88. The number of ketones is 1. The topological polar surface area (TPSA) is 56.0 Å². The molecule has 0 aliphatic heterocycles. The summed E-state index contributed by atoms with van der Waals surface area (Å²) in [4.78, 5) is 15.8. The van der Waals surface area contributed by atoms with Crippen molar-refractivity contribution in [1.82, 2.24) is 4.98 Å². The van der Waals surface area contributed by atoms with E-state index in [0.717, 1.165) is 12.1 Å². The van der Waals surface area contributed by atoms with Gasteiger partial charge in [-0.3, -0.25) is 4.79 Å². The average molecular weight is 246 g/mol. The van der Waals surface area contributed by atoms with E-state index in [0.29, 0.717) is 18.0 Å². The van der Waals surface area contributed by atoms with Crippen LogP contribution >= 0.6 is 11.3 Å². The van der Waals surface area contributed by atoms with Gasteiger partial charge in [0.05, 0.1) is 5.69 Å². The van der Waals surface area contributed by atoms with Crippen molar-refractivity contribution in [2.75, 3.05) is 5.73 Å². The lowest BCUT2D eigenvalue weighted by Crippen LogP contribution is -2.04.